The van der Waals surface area contributed by atoms with Crippen LogP contribution >= 0.6 is 0 Å². The van der Waals surface area contributed by atoms with Crippen molar-refractivity contribution >= 4 is 5.95 Å². The fourth-order valence-corrected chi connectivity index (χ4v) is 3.21. The van der Waals surface area contributed by atoms with Gasteiger partial charge in [-0.3, -0.25) is 4.57 Å². The van der Waals surface area contributed by atoms with Gasteiger partial charge in [-0.2, -0.15) is 0 Å². The molecule has 4 rings (SSSR count). The number of hydrogen-bond donors (Lipinski definition) is 1. The molecule has 6 nitrogen and oxygen atoms in total. The molecule has 0 amide bonds. The van der Waals surface area contributed by atoms with E-state index in [1.54, 1.807) is 0 Å². The van der Waals surface area contributed by atoms with Gasteiger partial charge in [-0.15, -0.1) is 10.2 Å². The van der Waals surface area contributed by atoms with E-state index in [-0.39, 0.29) is 0 Å². The summed E-state index contributed by atoms with van der Waals surface area (Å²) in [6.45, 7) is 5.45. The van der Waals surface area contributed by atoms with Gasteiger partial charge in [0.2, 0.25) is 5.95 Å². The summed E-state index contributed by atoms with van der Waals surface area (Å²) in [5.41, 5.74) is 2.21. The molecule has 0 bridgehead atoms. The fourth-order valence-electron chi connectivity index (χ4n) is 3.21. The number of ether oxygens (including phenoxy) is 1. The minimum Gasteiger partial charge on any atom is -0.492 e. The molecule has 1 N–H and O–H groups in total. The SMILES string of the molecule is Cc1ccc(OCCn2c(-c3ccc[nH]3)nnc2N2CCCC2)cc1. The average Bonchev–Trinajstić information content (AvgIpc) is 3.37. The zero-order valence-corrected chi connectivity index (χ0v) is 14.5. The molecule has 2 aromatic heterocycles. The van der Waals surface area contributed by atoms with Crippen molar-refractivity contribution in [1.82, 2.24) is 19.7 Å². The predicted octanol–water partition coefficient (Wildman–Crippen LogP) is 3.26. The van der Waals surface area contributed by atoms with Crippen LogP contribution in [0.2, 0.25) is 0 Å². The van der Waals surface area contributed by atoms with Crippen LogP contribution in [0.15, 0.2) is 42.6 Å². The zero-order chi connectivity index (χ0) is 17.1. The Bertz CT molecular complexity index is 801. The second-order valence-electron chi connectivity index (χ2n) is 6.41. The Balaban J connectivity index is 1.53. The van der Waals surface area contributed by atoms with Crippen LogP contribution in [0.4, 0.5) is 5.95 Å². The first-order valence-corrected chi connectivity index (χ1v) is 8.82. The molecule has 130 valence electrons. The molecule has 3 aromatic rings. The van der Waals surface area contributed by atoms with E-state index in [1.165, 1.54) is 18.4 Å². The lowest BCUT2D eigenvalue weighted by Crippen LogP contribution is -2.23. The first-order valence-electron chi connectivity index (χ1n) is 8.82. The number of aromatic amines is 1. The maximum atomic E-state index is 5.92. The van der Waals surface area contributed by atoms with Crippen LogP contribution in [-0.2, 0) is 6.54 Å². The van der Waals surface area contributed by atoms with Gasteiger partial charge < -0.3 is 14.6 Å². The molecule has 0 radical (unpaired) electrons. The van der Waals surface area contributed by atoms with Gasteiger partial charge in [0.1, 0.15) is 12.4 Å². The van der Waals surface area contributed by atoms with Crippen LogP contribution in [0.3, 0.4) is 0 Å². The molecule has 0 spiro atoms. The van der Waals surface area contributed by atoms with E-state index >= 15 is 0 Å². The summed E-state index contributed by atoms with van der Waals surface area (Å²) in [6.07, 6.45) is 4.34. The number of anilines is 1. The molecule has 1 aromatic carbocycles. The molecule has 0 aliphatic carbocycles. The average molecular weight is 337 g/mol. The number of benzene rings is 1. The molecular formula is C19H23N5O. The topological polar surface area (TPSA) is 59.0 Å². The molecule has 0 unspecified atom stereocenters. The Kier molecular flexibility index (Phi) is 4.41. The zero-order valence-electron chi connectivity index (χ0n) is 14.5. The van der Waals surface area contributed by atoms with Crippen molar-refractivity contribution in [2.45, 2.75) is 26.3 Å². The summed E-state index contributed by atoms with van der Waals surface area (Å²) in [7, 11) is 0. The number of nitrogens with one attached hydrogen (secondary N) is 1. The van der Waals surface area contributed by atoms with E-state index in [0.717, 1.165) is 36.3 Å². The summed E-state index contributed by atoms with van der Waals surface area (Å²) in [4.78, 5) is 5.54. The second-order valence-corrected chi connectivity index (χ2v) is 6.41. The van der Waals surface area contributed by atoms with E-state index in [4.69, 9.17) is 4.74 Å². The van der Waals surface area contributed by atoms with Gasteiger partial charge in [0, 0.05) is 19.3 Å². The van der Waals surface area contributed by atoms with E-state index in [0.29, 0.717) is 13.2 Å². The number of aryl methyl sites for hydroxylation is 1. The molecule has 6 heteroatoms. The normalized spacial score (nSPS) is 14.2. The fraction of sp³-hybridized carbons (Fsp3) is 0.368. The van der Waals surface area contributed by atoms with Crippen LogP contribution < -0.4 is 9.64 Å². The smallest absolute Gasteiger partial charge is 0.227 e. The third kappa shape index (κ3) is 3.38. The highest BCUT2D eigenvalue weighted by Gasteiger charge is 2.22. The Morgan fingerprint density at radius 3 is 2.60 bits per heavy atom. The first-order chi connectivity index (χ1) is 12.3. The van der Waals surface area contributed by atoms with Gasteiger partial charge >= 0.3 is 0 Å². The summed E-state index contributed by atoms with van der Waals surface area (Å²) >= 11 is 0. The first kappa shape index (κ1) is 15.7. The maximum Gasteiger partial charge on any atom is 0.227 e. The Morgan fingerprint density at radius 1 is 1.08 bits per heavy atom. The minimum atomic E-state index is 0.579. The predicted molar refractivity (Wildman–Crippen MR) is 97.9 cm³/mol. The lowest BCUT2D eigenvalue weighted by molar-refractivity contribution is 0.299. The Hall–Kier alpha value is -2.76. The third-order valence-electron chi connectivity index (χ3n) is 4.56. The van der Waals surface area contributed by atoms with Crippen molar-refractivity contribution in [2.24, 2.45) is 0 Å². The van der Waals surface area contributed by atoms with Crippen LogP contribution in [-0.4, -0.2) is 39.4 Å². The molecule has 1 aliphatic rings. The molecule has 25 heavy (non-hydrogen) atoms. The molecule has 0 saturated carbocycles. The van der Waals surface area contributed by atoms with E-state index in [2.05, 4.69) is 43.7 Å². The van der Waals surface area contributed by atoms with Crippen molar-refractivity contribution in [1.29, 1.82) is 0 Å². The number of H-pyrrole nitrogens is 1. The van der Waals surface area contributed by atoms with E-state index < -0.39 is 0 Å². The number of rotatable bonds is 6. The minimum absolute atomic E-state index is 0.579. The quantitative estimate of drug-likeness (QED) is 0.750. The monoisotopic (exact) mass is 337 g/mol. The highest BCUT2D eigenvalue weighted by Crippen LogP contribution is 2.24. The van der Waals surface area contributed by atoms with Crippen LogP contribution in [0.5, 0.6) is 5.75 Å². The van der Waals surface area contributed by atoms with Gasteiger partial charge in [-0.25, -0.2) is 0 Å². The summed E-state index contributed by atoms with van der Waals surface area (Å²) in [5.74, 6) is 2.69. The van der Waals surface area contributed by atoms with Crippen molar-refractivity contribution in [3.8, 4) is 17.3 Å². The standard InChI is InChI=1S/C19H23N5O/c1-15-6-8-16(9-7-15)25-14-13-24-18(17-5-4-10-20-17)21-22-19(24)23-11-2-3-12-23/h4-10,20H,2-3,11-14H2,1H3. The van der Waals surface area contributed by atoms with Gasteiger partial charge in [0.15, 0.2) is 5.82 Å². The Morgan fingerprint density at radius 2 is 1.88 bits per heavy atom. The van der Waals surface area contributed by atoms with Gasteiger partial charge in [0.25, 0.3) is 0 Å². The van der Waals surface area contributed by atoms with Gasteiger partial charge in [-0.05, 0) is 44.0 Å². The van der Waals surface area contributed by atoms with Crippen LogP contribution in [0.1, 0.15) is 18.4 Å². The summed E-state index contributed by atoms with van der Waals surface area (Å²) in [6, 6.07) is 12.1. The number of nitrogens with zero attached hydrogens (tertiary/aromatic N) is 4. The molecule has 1 fully saturated rings. The van der Waals surface area contributed by atoms with Crippen molar-refractivity contribution in [2.75, 3.05) is 24.6 Å². The summed E-state index contributed by atoms with van der Waals surface area (Å²) in [5, 5.41) is 8.88. The second kappa shape index (κ2) is 7.01. The molecule has 0 atom stereocenters. The van der Waals surface area contributed by atoms with Crippen molar-refractivity contribution in [3.05, 3.63) is 48.2 Å². The molecule has 1 saturated heterocycles. The Labute approximate surface area is 147 Å². The lowest BCUT2D eigenvalue weighted by Gasteiger charge is -2.18. The maximum absolute atomic E-state index is 5.92. The molecular weight excluding hydrogens is 314 g/mol. The molecule has 1 aliphatic heterocycles. The highest BCUT2D eigenvalue weighted by molar-refractivity contribution is 5.53. The summed E-state index contributed by atoms with van der Waals surface area (Å²) < 4.78 is 8.08. The highest BCUT2D eigenvalue weighted by atomic mass is 16.5. The lowest BCUT2D eigenvalue weighted by atomic mass is 10.2. The van der Waals surface area contributed by atoms with Gasteiger partial charge in [0.05, 0.1) is 12.2 Å². The largest absolute Gasteiger partial charge is 0.492 e. The van der Waals surface area contributed by atoms with Crippen molar-refractivity contribution in [3.63, 3.8) is 0 Å². The van der Waals surface area contributed by atoms with Crippen molar-refractivity contribution < 1.29 is 4.74 Å². The number of aromatic nitrogens is 4. The van der Waals surface area contributed by atoms with Crippen LogP contribution in [0.25, 0.3) is 11.5 Å². The third-order valence-corrected chi connectivity index (χ3v) is 4.56. The molecule has 3 heterocycles. The van der Waals surface area contributed by atoms with E-state index in [1.807, 2.05) is 30.5 Å². The van der Waals surface area contributed by atoms with Gasteiger partial charge in [-0.1, -0.05) is 17.7 Å². The number of hydrogen-bond acceptors (Lipinski definition) is 4. The van der Waals surface area contributed by atoms with E-state index in [9.17, 15) is 0 Å². The van der Waals surface area contributed by atoms with Crippen LogP contribution in [0, 0.1) is 6.92 Å².